The van der Waals surface area contributed by atoms with Crippen molar-refractivity contribution in [1.29, 1.82) is 0 Å². The molecule has 21 heavy (non-hydrogen) atoms. The fourth-order valence-electron chi connectivity index (χ4n) is 2.80. The number of morpholine rings is 1. The summed E-state index contributed by atoms with van der Waals surface area (Å²) in [6, 6.07) is -0.466. The number of nitrogens with zero attached hydrogens (tertiary/aromatic N) is 1. The molecule has 120 valence electrons. The molecule has 0 radical (unpaired) electrons. The molecule has 2 rings (SSSR count). The minimum atomic E-state index is -1.49. The number of hydrogen-bond donors (Lipinski definition) is 2. The number of aliphatic carboxylic acids is 1. The maximum absolute atomic E-state index is 12.3. The van der Waals surface area contributed by atoms with Crippen LogP contribution in [0.4, 0.5) is 4.79 Å². The lowest BCUT2D eigenvalue weighted by atomic mass is 9.88. The van der Waals surface area contributed by atoms with Gasteiger partial charge in [0.2, 0.25) is 0 Å². The standard InChI is InChI=1S/C14H23NO6/c1-13(2,3)21-12(19)15-6-7-20-8-9(15)14(4-5-14)10(16)11(17)18/h9-10,16H,4-8H2,1-3H3,(H,17,18). The van der Waals surface area contributed by atoms with Gasteiger partial charge < -0.3 is 19.7 Å². The van der Waals surface area contributed by atoms with E-state index in [4.69, 9.17) is 14.6 Å². The van der Waals surface area contributed by atoms with E-state index < -0.39 is 35.2 Å². The number of carboxylic acids is 1. The van der Waals surface area contributed by atoms with Crippen molar-refractivity contribution in [2.24, 2.45) is 5.41 Å². The second-order valence-corrected chi connectivity index (χ2v) is 6.74. The zero-order chi connectivity index (χ0) is 15.8. The summed E-state index contributed by atoms with van der Waals surface area (Å²) in [6.07, 6.45) is -0.851. The van der Waals surface area contributed by atoms with E-state index in [1.54, 1.807) is 20.8 Å². The predicted molar refractivity (Wildman–Crippen MR) is 72.9 cm³/mol. The van der Waals surface area contributed by atoms with Gasteiger partial charge in [-0.25, -0.2) is 9.59 Å². The van der Waals surface area contributed by atoms with Crippen LogP contribution in [0.5, 0.6) is 0 Å². The van der Waals surface area contributed by atoms with E-state index >= 15 is 0 Å². The molecule has 1 saturated heterocycles. The first-order chi connectivity index (χ1) is 9.67. The van der Waals surface area contributed by atoms with Gasteiger partial charge in [0.15, 0.2) is 6.10 Å². The molecule has 0 bridgehead atoms. The molecule has 1 amide bonds. The molecule has 0 aromatic heterocycles. The monoisotopic (exact) mass is 301 g/mol. The highest BCUT2D eigenvalue weighted by atomic mass is 16.6. The van der Waals surface area contributed by atoms with Crippen molar-refractivity contribution in [2.45, 2.75) is 51.4 Å². The SMILES string of the molecule is CC(C)(C)OC(=O)N1CCOCC1C1(C(O)C(=O)O)CC1. The van der Waals surface area contributed by atoms with Gasteiger partial charge in [0.05, 0.1) is 19.3 Å². The van der Waals surface area contributed by atoms with Crippen LogP contribution in [0.15, 0.2) is 0 Å². The first-order valence-corrected chi connectivity index (χ1v) is 7.16. The van der Waals surface area contributed by atoms with Gasteiger partial charge in [-0.2, -0.15) is 0 Å². The van der Waals surface area contributed by atoms with Crippen molar-refractivity contribution in [2.75, 3.05) is 19.8 Å². The normalized spacial score (nSPS) is 26.1. The van der Waals surface area contributed by atoms with Crippen LogP contribution in [-0.2, 0) is 14.3 Å². The summed E-state index contributed by atoms with van der Waals surface area (Å²) in [4.78, 5) is 24.9. The topological polar surface area (TPSA) is 96.3 Å². The van der Waals surface area contributed by atoms with Gasteiger partial charge in [-0.05, 0) is 33.6 Å². The molecule has 7 nitrogen and oxygen atoms in total. The maximum Gasteiger partial charge on any atom is 0.410 e. The number of hydrogen-bond acceptors (Lipinski definition) is 5. The van der Waals surface area contributed by atoms with E-state index in [1.807, 2.05) is 0 Å². The Balaban J connectivity index is 2.16. The lowest BCUT2D eigenvalue weighted by Crippen LogP contribution is -2.57. The zero-order valence-corrected chi connectivity index (χ0v) is 12.7. The third-order valence-electron chi connectivity index (χ3n) is 4.03. The number of ether oxygens (including phenoxy) is 2. The molecule has 0 aromatic carbocycles. The minimum absolute atomic E-state index is 0.226. The molecular formula is C14H23NO6. The van der Waals surface area contributed by atoms with Crippen molar-refractivity contribution in [3.63, 3.8) is 0 Å². The van der Waals surface area contributed by atoms with Crippen molar-refractivity contribution in [3.8, 4) is 0 Å². The Kier molecular flexibility index (Phi) is 4.17. The highest BCUT2D eigenvalue weighted by Gasteiger charge is 2.60. The molecule has 2 unspecified atom stereocenters. The molecule has 7 heteroatoms. The molecular weight excluding hydrogens is 278 g/mol. The molecule has 2 atom stereocenters. The van der Waals surface area contributed by atoms with Gasteiger partial charge in [-0.3, -0.25) is 4.90 Å². The number of carbonyl (C=O) groups is 2. The highest BCUT2D eigenvalue weighted by molar-refractivity contribution is 5.75. The average molecular weight is 301 g/mol. The van der Waals surface area contributed by atoms with E-state index in [0.717, 1.165) is 0 Å². The van der Waals surface area contributed by atoms with Crippen molar-refractivity contribution in [1.82, 2.24) is 4.90 Å². The molecule has 1 aliphatic heterocycles. The minimum Gasteiger partial charge on any atom is -0.479 e. The predicted octanol–water partition coefficient (Wildman–Crippen LogP) is 0.848. The lowest BCUT2D eigenvalue weighted by Gasteiger charge is -2.41. The fourth-order valence-corrected chi connectivity index (χ4v) is 2.80. The quantitative estimate of drug-likeness (QED) is 0.802. The highest BCUT2D eigenvalue weighted by Crippen LogP contribution is 2.54. The second kappa shape index (κ2) is 5.46. The van der Waals surface area contributed by atoms with Gasteiger partial charge in [0, 0.05) is 12.0 Å². The molecule has 0 spiro atoms. The number of carbonyl (C=O) groups excluding carboxylic acids is 1. The fraction of sp³-hybridized carbons (Fsp3) is 0.857. The van der Waals surface area contributed by atoms with E-state index in [9.17, 15) is 14.7 Å². The van der Waals surface area contributed by atoms with E-state index in [1.165, 1.54) is 4.90 Å². The second-order valence-electron chi connectivity index (χ2n) is 6.74. The van der Waals surface area contributed by atoms with Crippen LogP contribution in [0.2, 0.25) is 0 Å². The summed E-state index contributed by atoms with van der Waals surface area (Å²) in [5.41, 5.74) is -1.44. The molecule has 2 aliphatic rings. The van der Waals surface area contributed by atoms with Crippen LogP contribution in [0.25, 0.3) is 0 Å². The van der Waals surface area contributed by atoms with Crippen LogP contribution in [-0.4, -0.2) is 64.7 Å². The summed E-state index contributed by atoms with van der Waals surface area (Å²) < 4.78 is 10.8. The van der Waals surface area contributed by atoms with Gasteiger partial charge in [0.25, 0.3) is 0 Å². The number of aliphatic hydroxyl groups is 1. The van der Waals surface area contributed by atoms with Gasteiger partial charge in [-0.1, -0.05) is 0 Å². The lowest BCUT2D eigenvalue weighted by molar-refractivity contribution is -0.155. The van der Waals surface area contributed by atoms with Gasteiger partial charge >= 0.3 is 12.1 Å². The van der Waals surface area contributed by atoms with E-state index in [0.29, 0.717) is 26.0 Å². The number of aliphatic hydroxyl groups excluding tert-OH is 1. The molecule has 0 aromatic rings. The van der Waals surface area contributed by atoms with Crippen LogP contribution < -0.4 is 0 Å². The van der Waals surface area contributed by atoms with Crippen LogP contribution in [0.3, 0.4) is 0 Å². The Morgan fingerprint density at radius 1 is 1.38 bits per heavy atom. The Morgan fingerprint density at radius 2 is 2.00 bits per heavy atom. The van der Waals surface area contributed by atoms with Crippen LogP contribution in [0.1, 0.15) is 33.6 Å². The molecule has 1 aliphatic carbocycles. The van der Waals surface area contributed by atoms with Crippen molar-refractivity contribution < 1.29 is 29.3 Å². The van der Waals surface area contributed by atoms with Crippen LogP contribution in [0, 0.1) is 5.41 Å². The largest absolute Gasteiger partial charge is 0.479 e. The number of rotatable bonds is 3. The third kappa shape index (κ3) is 3.29. The Morgan fingerprint density at radius 3 is 2.48 bits per heavy atom. The number of amides is 1. The molecule has 2 fully saturated rings. The summed E-state index contributed by atoms with van der Waals surface area (Å²) in [7, 11) is 0. The third-order valence-corrected chi connectivity index (χ3v) is 4.03. The summed E-state index contributed by atoms with van der Waals surface area (Å²) in [6.45, 7) is 6.28. The summed E-state index contributed by atoms with van der Waals surface area (Å²) in [5.74, 6) is -1.26. The van der Waals surface area contributed by atoms with Gasteiger partial charge in [0.1, 0.15) is 5.60 Å². The first-order valence-electron chi connectivity index (χ1n) is 7.16. The van der Waals surface area contributed by atoms with E-state index in [2.05, 4.69) is 0 Å². The maximum atomic E-state index is 12.3. The summed E-state index contributed by atoms with van der Waals surface area (Å²) in [5, 5.41) is 19.0. The molecule has 2 N–H and O–H groups in total. The van der Waals surface area contributed by atoms with Crippen LogP contribution >= 0.6 is 0 Å². The van der Waals surface area contributed by atoms with Crippen molar-refractivity contribution >= 4 is 12.1 Å². The summed E-state index contributed by atoms with van der Waals surface area (Å²) >= 11 is 0. The average Bonchev–Trinajstić information content (AvgIpc) is 3.17. The Hall–Kier alpha value is -1.34. The number of carboxylic acid groups (broad SMARTS) is 1. The van der Waals surface area contributed by atoms with Gasteiger partial charge in [-0.15, -0.1) is 0 Å². The van der Waals surface area contributed by atoms with Crippen molar-refractivity contribution in [3.05, 3.63) is 0 Å². The van der Waals surface area contributed by atoms with E-state index in [-0.39, 0.29) is 6.61 Å². The molecule has 1 heterocycles. The molecule has 1 saturated carbocycles. The first kappa shape index (κ1) is 16.0. The zero-order valence-electron chi connectivity index (χ0n) is 12.7. The Labute approximate surface area is 123 Å². The Bertz CT molecular complexity index is 426. The smallest absolute Gasteiger partial charge is 0.410 e.